The molecule has 0 aromatic heterocycles. The molecule has 138 valence electrons. The van der Waals surface area contributed by atoms with E-state index < -0.39 is 33.7 Å². The smallest absolute Gasteiger partial charge is 0.215 e. The lowest BCUT2D eigenvalue weighted by Crippen LogP contribution is -2.22. The summed E-state index contributed by atoms with van der Waals surface area (Å²) < 4.78 is 49.7. The Labute approximate surface area is 157 Å². The van der Waals surface area contributed by atoms with Crippen LogP contribution in [0.15, 0.2) is 84.6 Å². The molecule has 2 aromatic rings. The minimum atomic E-state index is -4.14. The van der Waals surface area contributed by atoms with Crippen molar-refractivity contribution in [3.05, 3.63) is 95.8 Å². The van der Waals surface area contributed by atoms with Gasteiger partial charge >= 0.3 is 0 Å². The van der Waals surface area contributed by atoms with E-state index >= 15 is 0 Å². The molecule has 26 heavy (non-hydrogen) atoms. The van der Waals surface area contributed by atoms with E-state index in [9.17, 15) is 16.8 Å². The van der Waals surface area contributed by atoms with Gasteiger partial charge in [0.2, 0.25) is 19.7 Å². The molecule has 0 spiro atoms. The fourth-order valence-electron chi connectivity index (χ4n) is 2.35. The normalized spacial score (nSPS) is 11.9. The third-order valence-electron chi connectivity index (χ3n) is 3.51. The summed E-state index contributed by atoms with van der Waals surface area (Å²) in [6.45, 7) is 6.59. The van der Waals surface area contributed by atoms with E-state index in [1.54, 1.807) is 0 Å². The van der Waals surface area contributed by atoms with Crippen LogP contribution in [0.3, 0.4) is 0 Å². The maximum absolute atomic E-state index is 12.6. The van der Waals surface area contributed by atoms with E-state index in [0.717, 1.165) is 11.1 Å². The number of rotatable bonds is 6. The molecule has 0 unspecified atom stereocenters. The predicted octanol–water partition coefficient (Wildman–Crippen LogP) is 3.86. The summed E-state index contributed by atoms with van der Waals surface area (Å²) in [5, 5.41) is 1.39. The molecule has 2 aromatic carbocycles. The minimum Gasteiger partial charge on any atom is -0.218 e. The Balaban J connectivity index is 2.73. The molecule has 0 fully saturated rings. The third kappa shape index (κ3) is 5.03. The van der Waals surface area contributed by atoms with E-state index in [-0.39, 0.29) is 0 Å². The number of hydrogen-bond donors (Lipinski definition) is 0. The lowest BCUT2D eigenvalue weighted by Gasteiger charge is -2.15. The van der Waals surface area contributed by atoms with Crippen LogP contribution in [0.25, 0.3) is 0 Å². The van der Waals surface area contributed by atoms with Crippen LogP contribution >= 0.6 is 10.5 Å². The first-order valence-electron chi connectivity index (χ1n) is 7.67. The Morgan fingerprint density at radius 2 is 1.08 bits per heavy atom. The van der Waals surface area contributed by atoms with Crippen LogP contribution < -0.4 is 0 Å². The quantitative estimate of drug-likeness (QED) is 0.681. The average molecular weight is 409 g/mol. The van der Waals surface area contributed by atoms with Gasteiger partial charge in [-0.15, -0.1) is 10.5 Å². The maximum Gasteiger partial charge on any atom is 0.215 e. The largest absolute Gasteiger partial charge is 0.218 e. The van der Waals surface area contributed by atoms with Crippen LogP contribution in [0.5, 0.6) is 0 Å². The minimum absolute atomic E-state index is 0.297. The topological polar surface area (TPSA) is 68.3 Å². The van der Waals surface area contributed by atoms with E-state index in [1.165, 1.54) is 0 Å². The first kappa shape index (κ1) is 20.4. The monoisotopic (exact) mass is 408 g/mol. The summed E-state index contributed by atoms with van der Waals surface area (Å²) in [4.78, 5) is 0. The van der Waals surface area contributed by atoms with Crippen molar-refractivity contribution >= 4 is 33.7 Å². The third-order valence-corrected chi connectivity index (χ3v) is 11.4. The van der Waals surface area contributed by atoms with E-state index in [1.807, 2.05) is 60.7 Å². The zero-order chi connectivity index (χ0) is 19.2. The van der Waals surface area contributed by atoms with Gasteiger partial charge in [-0.25, -0.2) is 16.8 Å². The van der Waals surface area contributed by atoms with Crippen LogP contribution in [0, 0.1) is 0 Å². The average Bonchev–Trinajstić information content (AvgIpc) is 2.63. The molecule has 7 heteroatoms. The van der Waals surface area contributed by atoms with Gasteiger partial charge in [-0.1, -0.05) is 73.8 Å². The highest BCUT2D eigenvalue weighted by Gasteiger charge is 2.30. The Kier molecular flexibility index (Phi) is 6.75. The van der Waals surface area contributed by atoms with Gasteiger partial charge in [-0.2, -0.15) is 0 Å². The standard InChI is InChI=1S/C19H20O4S3/c1-3-25(20,21)19(26(22,23)4-2)24(15-17-11-7-5-8-12-17)16-18-13-9-6-10-14-18/h3-14H,1-2,15-16H2. The highest BCUT2D eigenvalue weighted by atomic mass is 32.3. The summed E-state index contributed by atoms with van der Waals surface area (Å²) in [7, 11) is -9.38. The van der Waals surface area contributed by atoms with Gasteiger partial charge in [0.15, 0.2) is 3.53 Å². The van der Waals surface area contributed by atoms with Crippen molar-refractivity contribution < 1.29 is 16.8 Å². The van der Waals surface area contributed by atoms with Gasteiger partial charge in [0.25, 0.3) is 0 Å². The lowest BCUT2D eigenvalue weighted by atomic mass is 10.2. The molecule has 0 aliphatic heterocycles. The summed E-state index contributed by atoms with van der Waals surface area (Å²) >= 11 is 0. The number of benzene rings is 2. The van der Waals surface area contributed by atoms with Crippen molar-refractivity contribution in [1.82, 2.24) is 0 Å². The summed E-state index contributed by atoms with van der Waals surface area (Å²) in [6, 6.07) is 18.5. The van der Waals surface area contributed by atoms with Gasteiger partial charge in [-0.3, -0.25) is 0 Å². The van der Waals surface area contributed by atoms with E-state index in [0.29, 0.717) is 22.3 Å². The van der Waals surface area contributed by atoms with Crippen molar-refractivity contribution in [2.45, 2.75) is 11.5 Å². The van der Waals surface area contributed by atoms with E-state index in [2.05, 4.69) is 13.2 Å². The molecule has 0 saturated heterocycles. The van der Waals surface area contributed by atoms with Gasteiger partial charge in [0.05, 0.1) is 0 Å². The molecule has 0 radical (unpaired) electrons. The zero-order valence-corrected chi connectivity index (χ0v) is 16.6. The first-order chi connectivity index (χ1) is 12.3. The molecule has 0 aliphatic carbocycles. The molecule has 0 N–H and O–H groups in total. The predicted molar refractivity (Wildman–Crippen MR) is 111 cm³/mol. The zero-order valence-electron chi connectivity index (χ0n) is 14.1. The Bertz CT molecular complexity index is 937. The SMILES string of the molecule is C=CS(=O)(=O)C(=S(Cc1ccccc1)Cc1ccccc1)S(=O)(=O)C=C. The number of sulfone groups is 2. The van der Waals surface area contributed by atoms with Gasteiger partial charge in [0.1, 0.15) is 0 Å². The molecule has 0 saturated carbocycles. The van der Waals surface area contributed by atoms with Crippen LogP contribution in [-0.2, 0) is 31.2 Å². The second-order valence-corrected chi connectivity index (χ2v) is 11.8. The van der Waals surface area contributed by atoms with Crippen molar-refractivity contribution in [2.75, 3.05) is 0 Å². The molecule has 0 aliphatic rings. The maximum atomic E-state index is 12.6. The molecule has 0 heterocycles. The highest BCUT2D eigenvalue weighted by Crippen LogP contribution is 2.32. The van der Waals surface area contributed by atoms with Crippen molar-refractivity contribution in [3.8, 4) is 0 Å². The van der Waals surface area contributed by atoms with Gasteiger partial charge in [0, 0.05) is 22.3 Å². The Hall–Kier alpha value is -1.96. The molecular weight excluding hydrogens is 388 g/mol. The molecule has 4 nitrogen and oxygen atoms in total. The van der Waals surface area contributed by atoms with E-state index in [4.69, 9.17) is 0 Å². The summed E-state index contributed by atoms with van der Waals surface area (Å²) in [5.41, 5.74) is 1.73. The van der Waals surface area contributed by atoms with Crippen LogP contribution in [0.1, 0.15) is 11.1 Å². The first-order valence-corrected chi connectivity index (χ1v) is 12.3. The van der Waals surface area contributed by atoms with Crippen molar-refractivity contribution in [1.29, 1.82) is 0 Å². The van der Waals surface area contributed by atoms with Crippen LogP contribution in [-0.4, -0.2) is 20.4 Å². The molecule has 2 rings (SSSR count). The molecule has 0 bridgehead atoms. The van der Waals surface area contributed by atoms with Crippen LogP contribution in [0.4, 0.5) is 0 Å². The summed E-state index contributed by atoms with van der Waals surface area (Å²) in [5.74, 6) is 0.594. The van der Waals surface area contributed by atoms with Gasteiger partial charge < -0.3 is 0 Å². The fraction of sp³-hybridized carbons (Fsp3) is 0.105. The lowest BCUT2D eigenvalue weighted by molar-refractivity contribution is 0.612. The fourth-order valence-corrected chi connectivity index (χ4v) is 9.59. The van der Waals surface area contributed by atoms with Crippen LogP contribution in [0.2, 0.25) is 0 Å². The molecule has 0 atom stereocenters. The molecular formula is C19H20O4S3. The molecule has 0 amide bonds. The Morgan fingerprint density at radius 1 is 0.731 bits per heavy atom. The second-order valence-electron chi connectivity index (χ2n) is 5.43. The second kappa shape index (κ2) is 8.62. The van der Waals surface area contributed by atoms with Gasteiger partial charge in [-0.05, 0) is 11.1 Å². The van der Waals surface area contributed by atoms with Crippen molar-refractivity contribution in [2.24, 2.45) is 0 Å². The Morgan fingerprint density at radius 3 is 1.38 bits per heavy atom. The van der Waals surface area contributed by atoms with Crippen molar-refractivity contribution in [3.63, 3.8) is 0 Å². The number of hydrogen-bond acceptors (Lipinski definition) is 4. The summed E-state index contributed by atoms with van der Waals surface area (Å²) in [6.07, 6.45) is 0. The highest BCUT2D eigenvalue weighted by molar-refractivity contribution is 8.49.